The van der Waals surface area contributed by atoms with E-state index in [1.807, 2.05) is 0 Å². The zero-order valence-electron chi connectivity index (χ0n) is 17.8. The number of hydrogen-bond acceptors (Lipinski definition) is 2. The van der Waals surface area contributed by atoms with Crippen LogP contribution >= 0.6 is 0 Å². The summed E-state index contributed by atoms with van der Waals surface area (Å²) in [5, 5.41) is 0. The van der Waals surface area contributed by atoms with Crippen molar-refractivity contribution >= 4 is 11.1 Å². The first-order valence-electron chi connectivity index (χ1n) is 10.4. The van der Waals surface area contributed by atoms with Gasteiger partial charge in [-0.3, -0.25) is 0 Å². The highest BCUT2D eigenvalue weighted by molar-refractivity contribution is 5.91. The Labute approximate surface area is 175 Å². The van der Waals surface area contributed by atoms with Crippen LogP contribution in [0.3, 0.4) is 0 Å². The van der Waals surface area contributed by atoms with E-state index < -0.39 is 0 Å². The highest BCUT2D eigenvalue weighted by Gasteiger charge is 2.11. The molecule has 29 heavy (non-hydrogen) atoms. The summed E-state index contributed by atoms with van der Waals surface area (Å²) in [5.74, 6) is 0.926. The van der Waals surface area contributed by atoms with Crippen molar-refractivity contribution in [3.8, 4) is 5.75 Å². The average Bonchev–Trinajstić information content (AvgIpc) is 2.76. The molecule has 0 saturated heterocycles. The van der Waals surface area contributed by atoms with Gasteiger partial charge >= 0.3 is 0 Å². The van der Waals surface area contributed by atoms with Gasteiger partial charge in [-0.2, -0.15) is 0 Å². The number of nitrogens with zero attached hydrogens (tertiary/aromatic N) is 1. The molecule has 0 aliphatic heterocycles. The van der Waals surface area contributed by atoms with Crippen LogP contribution in [0.5, 0.6) is 5.75 Å². The third-order valence-electron chi connectivity index (χ3n) is 5.07. The second kappa shape index (κ2) is 10.6. The van der Waals surface area contributed by atoms with Crippen LogP contribution in [-0.4, -0.2) is 32.1 Å². The van der Waals surface area contributed by atoms with Gasteiger partial charge in [-0.1, -0.05) is 79.7 Å². The lowest BCUT2D eigenvalue weighted by molar-refractivity contribution is 0.261. The highest BCUT2D eigenvalue weighted by Crippen LogP contribution is 2.32. The van der Waals surface area contributed by atoms with Crippen LogP contribution in [0.4, 0.5) is 0 Å². The molecule has 3 aromatic carbocycles. The summed E-state index contributed by atoms with van der Waals surface area (Å²) < 4.78 is 5.87. The zero-order valence-corrected chi connectivity index (χ0v) is 17.8. The molecule has 2 heteroatoms. The van der Waals surface area contributed by atoms with Crippen LogP contribution in [0.15, 0.2) is 84.9 Å². The van der Waals surface area contributed by atoms with E-state index in [0.29, 0.717) is 6.61 Å². The fraction of sp³-hybridized carbons (Fsp3) is 0.259. The van der Waals surface area contributed by atoms with E-state index in [1.165, 1.54) is 27.8 Å². The Bertz CT molecular complexity index is 896. The molecule has 0 aromatic heterocycles. The highest BCUT2D eigenvalue weighted by atomic mass is 16.5. The van der Waals surface area contributed by atoms with E-state index in [9.17, 15) is 0 Å². The largest absolute Gasteiger partial charge is 0.492 e. The van der Waals surface area contributed by atoms with Gasteiger partial charge in [0.15, 0.2) is 0 Å². The van der Waals surface area contributed by atoms with Gasteiger partial charge in [0.05, 0.1) is 0 Å². The molecule has 0 fully saturated rings. The summed E-state index contributed by atoms with van der Waals surface area (Å²) in [7, 11) is 4.12. The number of likely N-dealkylation sites (N-methyl/N-ethyl adjacent to an activating group) is 1. The van der Waals surface area contributed by atoms with Crippen LogP contribution in [0.25, 0.3) is 11.1 Å². The molecule has 0 atom stereocenters. The molecular formula is C27H31NO. The van der Waals surface area contributed by atoms with Crippen molar-refractivity contribution in [1.29, 1.82) is 0 Å². The molecular weight excluding hydrogens is 354 g/mol. The lowest BCUT2D eigenvalue weighted by Crippen LogP contribution is -2.19. The summed E-state index contributed by atoms with van der Waals surface area (Å²) in [4.78, 5) is 2.13. The topological polar surface area (TPSA) is 12.5 Å². The summed E-state index contributed by atoms with van der Waals surface area (Å²) in [5.41, 5.74) is 6.67. The van der Waals surface area contributed by atoms with Gasteiger partial charge in [-0.15, -0.1) is 0 Å². The molecule has 0 bridgehead atoms. The van der Waals surface area contributed by atoms with Crippen molar-refractivity contribution in [2.45, 2.75) is 19.8 Å². The SMILES string of the molecule is CCC(=C(Cc1ccccc1)c1ccccc1)c1ccc(OCCN(C)C)cc1. The van der Waals surface area contributed by atoms with E-state index in [4.69, 9.17) is 4.74 Å². The zero-order chi connectivity index (χ0) is 20.5. The van der Waals surface area contributed by atoms with Gasteiger partial charge < -0.3 is 9.64 Å². The molecule has 0 aliphatic rings. The molecule has 150 valence electrons. The third kappa shape index (κ3) is 6.07. The van der Waals surface area contributed by atoms with Crippen LogP contribution in [0.1, 0.15) is 30.0 Å². The van der Waals surface area contributed by atoms with E-state index in [1.54, 1.807) is 0 Å². The fourth-order valence-corrected chi connectivity index (χ4v) is 3.51. The summed E-state index contributed by atoms with van der Waals surface area (Å²) >= 11 is 0. The Morgan fingerprint density at radius 1 is 0.724 bits per heavy atom. The van der Waals surface area contributed by atoms with E-state index in [-0.39, 0.29) is 0 Å². The van der Waals surface area contributed by atoms with Crippen molar-refractivity contribution in [2.24, 2.45) is 0 Å². The van der Waals surface area contributed by atoms with E-state index >= 15 is 0 Å². The Balaban J connectivity index is 1.92. The van der Waals surface area contributed by atoms with E-state index in [0.717, 1.165) is 25.1 Å². The molecule has 0 amide bonds. The molecule has 0 saturated carbocycles. The second-order valence-electron chi connectivity index (χ2n) is 7.52. The van der Waals surface area contributed by atoms with Gasteiger partial charge in [0.1, 0.15) is 12.4 Å². The average molecular weight is 386 g/mol. The van der Waals surface area contributed by atoms with Gasteiger partial charge in [0, 0.05) is 6.54 Å². The number of ether oxygens (including phenoxy) is 1. The first-order chi connectivity index (χ1) is 14.2. The van der Waals surface area contributed by atoms with Gasteiger partial charge in [-0.05, 0) is 66.9 Å². The molecule has 0 heterocycles. The first kappa shape index (κ1) is 20.9. The van der Waals surface area contributed by atoms with Gasteiger partial charge in [-0.25, -0.2) is 0 Å². The molecule has 0 spiro atoms. The number of rotatable bonds is 9. The smallest absolute Gasteiger partial charge is 0.119 e. The maximum atomic E-state index is 5.87. The monoisotopic (exact) mass is 385 g/mol. The maximum Gasteiger partial charge on any atom is 0.119 e. The van der Waals surface area contributed by atoms with Crippen LogP contribution in [-0.2, 0) is 6.42 Å². The number of benzene rings is 3. The van der Waals surface area contributed by atoms with Crippen molar-refractivity contribution in [1.82, 2.24) is 4.90 Å². The Morgan fingerprint density at radius 2 is 1.31 bits per heavy atom. The van der Waals surface area contributed by atoms with Crippen molar-refractivity contribution in [2.75, 3.05) is 27.2 Å². The summed E-state index contributed by atoms with van der Waals surface area (Å²) in [6, 6.07) is 30.0. The molecule has 0 unspecified atom stereocenters. The van der Waals surface area contributed by atoms with E-state index in [2.05, 4.69) is 111 Å². The van der Waals surface area contributed by atoms with Crippen molar-refractivity contribution in [3.05, 3.63) is 102 Å². The normalized spacial score (nSPS) is 12.0. The predicted molar refractivity (Wildman–Crippen MR) is 124 cm³/mol. The quantitative estimate of drug-likeness (QED) is 0.407. The minimum Gasteiger partial charge on any atom is -0.492 e. The molecule has 2 nitrogen and oxygen atoms in total. The maximum absolute atomic E-state index is 5.87. The summed E-state index contributed by atoms with van der Waals surface area (Å²) in [6.45, 7) is 3.86. The number of hydrogen-bond donors (Lipinski definition) is 0. The minimum atomic E-state index is 0.700. The Kier molecular flexibility index (Phi) is 7.66. The van der Waals surface area contributed by atoms with Crippen LogP contribution < -0.4 is 4.74 Å². The lowest BCUT2D eigenvalue weighted by atomic mass is 9.89. The molecule has 0 N–H and O–H groups in total. The summed E-state index contributed by atoms with van der Waals surface area (Å²) in [6.07, 6.45) is 1.91. The number of allylic oxidation sites excluding steroid dienone is 2. The molecule has 3 aromatic rings. The van der Waals surface area contributed by atoms with Gasteiger partial charge in [0.2, 0.25) is 0 Å². The fourth-order valence-electron chi connectivity index (χ4n) is 3.51. The molecule has 0 aliphatic carbocycles. The standard InChI is InChI=1S/C27H31NO/c1-4-26(24-15-17-25(18-16-24)29-20-19-28(2)3)27(23-13-9-6-10-14-23)21-22-11-7-5-8-12-22/h5-18H,4,19-21H2,1-3H3. The Morgan fingerprint density at radius 3 is 1.90 bits per heavy atom. The first-order valence-corrected chi connectivity index (χ1v) is 10.4. The predicted octanol–water partition coefficient (Wildman–Crippen LogP) is 6.19. The Hall–Kier alpha value is -2.84. The molecule has 0 radical (unpaired) electrons. The minimum absolute atomic E-state index is 0.700. The third-order valence-corrected chi connectivity index (χ3v) is 5.07. The van der Waals surface area contributed by atoms with Gasteiger partial charge in [0.25, 0.3) is 0 Å². The second-order valence-corrected chi connectivity index (χ2v) is 7.52. The molecule has 3 rings (SSSR count). The van der Waals surface area contributed by atoms with Crippen LogP contribution in [0.2, 0.25) is 0 Å². The van der Waals surface area contributed by atoms with Crippen molar-refractivity contribution in [3.63, 3.8) is 0 Å². The lowest BCUT2D eigenvalue weighted by Gasteiger charge is -2.17. The van der Waals surface area contributed by atoms with Crippen molar-refractivity contribution < 1.29 is 4.74 Å². The van der Waals surface area contributed by atoms with Crippen LogP contribution in [0, 0.1) is 0 Å².